The van der Waals surface area contributed by atoms with Gasteiger partial charge in [-0.2, -0.15) is 0 Å². The summed E-state index contributed by atoms with van der Waals surface area (Å²) in [6, 6.07) is 29.2. The molecular weight excluding hydrogens is 554 g/mol. The first-order valence-corrected chi connectivity index (χ1v) is 14.3. The minimum atomic E-state index is -0.717. The molecule has 0 aliphatic rings. The maximum absolute atomic E-state index is 13.6. The van der Waals surface area contributed by atoms with E-state index in [0.717, 1.165) is 11.4 Å². The van der Waals surface area contributed by atoms with E-state index in [2.05, 4.69) is 0 Å². The van der Waals surface area contributed by atoms with Gasteiger partial charge in [0.15, 0.2) is 0 Å². The Balaban J connectivity index is 1.70. The number of amides is 2. The van der Waals surface area contributed by atoms with Crippen LogP contribution in [0.25, 0.3) is 0 Å². The number of carbonyl (C=O) groups excluding carboxylic acids is 2. The molecule has 0 aromatic heterocycles. The van der Waals surface area contributed by atoms with E-state index in [4.69, 9.17) is 20.9 Å². The number of nitrogen functional groups attached to an aromatic ring is 2. The smallest absolute Gasteiger partial charge is 0.419 e. The van der Waals surface area contributed by atoms with Gasteiger partial charge in [0.2, 0.25) is 0 Å². The van der Waals surface area contributed by atoms with Crippen LogP contribution in [0.1, 0.15) is 41.5 Å². The van der Waals surface area contributed by atoms with Crippen LogP contribution in [0.2, 0.25) is 0 Å². The molecular formula is C35H41N5O4. The third-order valence-corrected chi connectivity index (χ3v) is 6.42. The second kappa shape index (κ2) is 12.6. The summed E-state index contributed by atoms with van der Waals surface area (Å²) in [6.07, 6.45) is -1.08. The van der Waals surface area contributed by atoms with E-state index >= 15 is 0 Å². The lowest BCUT2D eigenvalue weighted by atomic mass is 10.1. The normalized spacial score (nSPS) is 11.4. The fraction of sp³-hybridized carbons (Fsp3) is 0.257. The maximum atomic E-state index is 13.6. The predicted octanol–water partition coefficient (Wildman–Crippen LogP) is 8.77. The zero-order valence-corrected chi connectivity index (χ0v) is 26.4. The quantitative estimate of drug-likeness (QED) is 0.214. The number of nitrogens with zero attached hydrogens (tertiary/aromatic N) is 3. The summed E-state index contributed by atoms with van der Waals surface area (Å²) in [5, 5.41) is 0. The number of anilines is 8. The molecule has 0 saturated carbocycles. The minimum absolute atomic E-state index is 0.537. The summed E-state index contributed by atoms with van der Waals surface area (Å²) < 4.78 is 11.5. The maximum Gasteiger partial charge on any atom is 0.419 e. The molecule has 0 spiro atoms. The van der Waals surface area contributed by atoms with Crippen molar-refractivity contribution in [2.45, 2.75) is 52.7 Å². The van der Waals surface area contributed by atoms with Gasteiger partial charge in [0.25, 0.3) is 0 Å². The molecule has 4 N–H and O–H groups in total. The zero-order valence-electron chi connectivity index (χ0n) is 26.4. The van der Waals surface area contributed by atoms with Gasteiger partial charge in [0.1, 0.15) is 11.2 Å². The summed E-state index contributed by atoms with van der Waals surface area (Å²) in [6.45, 7) is 10.9. The molecule has 0 aliphatic carbocycles. The minimum Gasteiger partial charge on any atom is -0.443 e. The summed E-state index contributed by atoms with van der Waals surface area (Å²) in [7, 11) is 1.95. The number of ether oxygens (including phenoxy) is 2. The summed E-state index contributed by atoms with van der Waals surface area (Å²) >= 11 is 0. The van der Waals surface area contributed by atoms with E-state index in [0.29, 0.717) is 34.1 Å². The van der Waals surface area contributed by atoms with Crippen molar-refractivity contribution in [1.29, 1.82) is 0 Å². The molecule has 44 heavy (non-hydrogen) atoms. The van der Waals surface area contributed by atoms with Crippen LogP contribution in [0.5, 0.6) is 0 Å². The first kappa shape index (κ1) is 31.7. The second-order valence-electron chi connectivity index (χ2n) is 12.4. The fourth-order valence-electron chi connectivity index (χ4n) is 4.42. The Hall–Kier alpha value is -5.18. The first-order chi connectivity index (χ1) is 20.6. The van der Waals surface area contributed by atoms with Gasteiger partial charge in [-0.1, -0.05) is 6.07 Å². The van der Waals surface area contributed by atoms with Crippen LogP contribution < -0.4 is 26.2 Å². The van der Waals surface area contributed by atoms with Crippen molar-refractivity contribution in [1.82, 2.24) is 0 Å². The number of hydrogen-bond donors (Lipinski definition) is 2. The Kier molecular flexibility index (Phi) is 9.08. The lowest BCUT2D eigenvalue weighted by Crippen LogP contribution is -2.34. The lowest BCUT2D eigenvalue weighted by molar-refractivity contribution is 0.0587. The molecule has 0 saturated heterocycles. The highest BCUT2D eigenvalue weighted by Crippen LogP contribution is 2.35. The van der Waals surface area contributed by atoms with Gasteiger partial charge in [-0.25, -0.2) is 19.4 Å². The standard InChI is InChI=1S/C35H41N5O4/c1-34(2,3)43-32(41)39(27-13-11-24(36)12-14-27)29-19-21-30(22-20-29)40(33(42)44-35(4,5)6)28-17-15-26(16-18-28)38(7)31-10-8-9-25(37)23-31/h8-23H,36-37H2,1-7H3. The molecule has 0 radical (unpaired) electrons. The van der Waals surface area contributed by atoms with Crippen LogP contribution in [0, 0.1) is 0 Å². The number of rotatable bonds is 6. The van der Waals surface area contributed by atoms with Crippen LogP contribution in [-0.4, -0.2) is 30.4 Å². The van der Waals surface area contributed by atoms with Crippen LogP contribution in [0.15, 0.2) is 97.1 Å². The van der Waals surface area contributed by atoms with Crippen LogP contribution in [0.3, 0.4) is 0 Å². The van der Waals surface area contributed by atoms with E-state index in [1.165, 1.54) is 9.80 Å². The first-order valence-electron chi connectivity index (χ1n) is 14.3. The van der Waals surface area contributed by atoms with Gasteiger partial charge >= 0.3 is 12.2 Å². The van der Waals surface area contributed by atoms with Gasteiger partial charge < -0.3 is 25.8 Å². The Morgan fingerprint density at radius 1 is 0.523 bits per heavy atom. The van der Waals surface area contributed by atoms with Gasteiger partial charge in [-0.3, -0.25) is 0 Å². The molecule has 4 aromatic rings. The van der Waals surface area contributed by atoms with E-state index in [9.17, 15) is 9.59 Å². The third kappa shape index (κ3) is 8.01. The van der Waals surface area contributed by atoms with E-state index in [-0.39, 0.29) is 0 Å². The third-order valence-electron chi connectivity index (χ3n) is 6.42. The van der Waals surface area contributed by atoms with Crippen molar-refractivity contribution in [2.75, 3.05) is 33.2 Å². The molecule has 0 aliphatic heterocycles. The van der Waals surface area contributed by atoms with Crippen molar-refractivity contribution in [3.63, 3.8) is 0 Å². The van der Waals surface area contributed by atoms with Crippen molar-refractivity contribution in [3.05, 3.63) is 97.1 Å². The predicted molar refractivity (Wildman–Crippen MR) is 179 cm³/mol. The monoisotopic (exact) mass is 595 g/mol. The molecule has 2 amide bonds. The molecule has 0 fully saturated rings. The molecule has 230 valence electrons. The SMILES string of the molecule is CN(c1ccc(N(C(=O)OC(C)(C)C)c2ccc(N(C(=O)OC(C)(C)C)c3ccc(N)cc3)cc2)cc1)c1cccc(N)c1. The molecule has 4 rings (SSSR count). The number of carbonyl (C=O) groups is 2. The van der Waals surface area contributed by atoms with E-state index in [1.54, 1.807) is 48.5 Å². The molecule has 0 unspecified atom stereocenters. The van der Waals surface area contributed by atoms with Gasteiger partial charge in [-0.05, 0) is 133 Å². The molecule has 0 heterocycles. The van der Waals surface area contributed by atoms with Gasteiger partial charge in [-0.15, -0.1) is 0 Å². The molecule has 0 bridgehead atoms. The Labute approximate surface area is 259 Å². The van der Waals surface area contributed by atoms with Crippen molar-refractivity contribution < 1.29 is 19.1 Å². The highest BCUT2D eigenvalue weighted by atomic mass is 16.6. The van der Waals surface area contributed by atoms with Crippen LogP contribution in [-0.2, 0) is 9.47 Å². The van der Waals surface area contributed by atoms with E-state index < -0.39 is 23.4 Å². The van der Waals surface area contributed by atoms with Crippen molar-refractivity contribution in [3.8, 4) is 0 Å². The highest BCUT2D eigenvalue weighted by Gasteiger charge is 2.28. The average molecular weight is 596 g/mol. The summed E-state index contributed by atoms with van der Waals surface area (Å²) in [5.74, 6) is 0. The van der Waals surface area contributed by atoms with Crippen LogP contribution >= 0.6 is 0 Å². The molecule has 9 nitrogen and oxygen atoms in total. The lowest BCUT2D eigenvalue weighted by Gasteiger charge is -2.29. The highest BCUT2D eigenvalue weighted by molar-refractivity contribution is 5.99. The fourth-order valence-corrected chi connectivity index (χ4v) is 4.42. The Bertz CT molecular complexity index is 1590. The number of benzene rings is 4. The topological polar surface area (TPSA) is 114 Å². The largest absolute Gasteiger partial charge is 0.443 e. The Morgan fingerprint density at radius 2 is 0.886 bits per heavy atom. The van der Waals surface area contributed by atoms with Crippen molar-refractivity contribution in [2.24, 2.45) is 0 Å². The Morgan fingerprint density at radius 3 is 1.25 bits per heavy atom. The molecule has 4 aromatic carbocycles. The average Bonchev–Trinajstić information content (AvgIpc) is 2.93. The summed E-state index contributed by atoms with van der Waals surface area (Å²) in [5.41, 5.74) is 15.9. The number of hydrogen-bond acceptors (Lipinski definition) is 7. The second-order valence-corrected chi connectivity index (χ2v) is 12.4. The van der Waals surface area contributed by atoms with Crippen LogP contribution in [0.4, 0.5) is 55.1 Å². The van der Waals surface area contributed by atoms with E-state index in [1.807, 2.05) is 102 Å². The van der Waals surface area contributed by atoms with Gasteiger partial charge in [0.05, 0.1) is 22.7 Å². The summed E-state index contributed by atoms with van der Waals surface area (Å²) in [4.78, 5) is 31.9. The van der Waals surface area contributed by atoms with Crippen molar-refractivity contribution >= 4 is 57.7 Å². The zero-order chi connectivity index (χ0) is 32.2. The number of nitrogens with two attached hydrogens (primary N) is 2. The molecule has 0 atom stereocenters. The molecule has 9 heteroatoms. The van der Waals surface area contributed by atoms with Gasteiger partial charge in [0, 0.05) is 29.8 Å².